The predicted molar refractivity (Wildman–Crippen MR) is 72.4 cm³/mol. The Bertz CT molecular complexity index is 655. The second-order valence-corrected chi connectivity index (χ2v) is 4.11. The van der Waals surface area contributed by atoms with E-state index in [-0.39, 0.29) is 0 Å². The van der Waals surface area contributed by atoms with Crippen molar-refractivity contribution in [1.29, 1.82) is 0 Å². The van der Waals surface area contributed by atoms with Gasteiger partial charge >= 0.3 is 5.97 Å². The maximum atomic E-state index is 11.4. The molecule has 90 valence electrons. The lowest BCUT2D eigenvalue weighted by Gasteiger charge is -2.14. The normalized spacial score (nSPS) is 12.7. The summed E-state index contributed by atoms with van der Waals surface area (Å²) < 4.78 is 7.87. The van der Waals surface area contributed by atoms with E-state index < -0.39 is 11.9 Å². The molecule has 2 nitrogen and oxygen atoms in total. The van der Waals surface area contributed by atoms with Gasteiger partial charge in [-0.2, -0.15) is 0 Å². The van der Waals surface area contributed by atoms with Crippen LogP contribution in [0.2, 0.25) is 0 Å². The largest absolute Gasteiger partial charge is 0.481 e. The molecule has 0 heterocycles. The molecule has 1 N–H and O–H groups in total. The van der Waals surface area contributed by atoms with E-state index in [1.807, 2.05) is 24.3 Å². The number of hydrogen-bond acceptors (Lipinski definition) is 1. The summed E-state index contributed by atoms with van der Waals surface area (Å²) in [4.78, 5) is 11.4. The van der Waals surface area contributed by atoms with Crippen molar-refractivity contribution in [2.45, 2.75) is 18.8 Å². The highest BCUT2D eigenvalue weighted by Crippen LogP contribution is 2.28. The van der Waals surface area contributed by atoms with Gasteiger partial charge in [-0.1, -0.05) is 42.4 Å². The average molecular weight is 240 g/mol. The van der Waals surface area contributed by atoms with Crippen LogP contribution in [0.4, 0.5) is 0 Å². The Morgan fingerprint density at radius 3 is 2.89 bits per heavy atom. The highest BCUT2D eigenvalue weighted by Gasteiger charge is 2.20. The van der Waals surface area contributed by atoms with E-state index in [1.165, 1.54) is 0 Å². The number of aliphatic carboxylic acids is 1. The van der Waals surface area contributed by atoms with E-state index in [0.29, 0.717) is 18.9 Å². The van der Waals surface area contributed by atoms with Crippen molar-refractivity contribution < 1.29 is 11.3 Å². The number of carboxylic acids is 1. The predicted octanol–water partition coefficient (Wildman–Crippen LogP) is 3.42. The molecule has 1 unspecified atom stereocenters. The van der Waals surface area contributed by atoms with Crippen LogP contribution in [-0.2, 0) is 4.79 Å². The fraction of sp³-hybridized carbons (Fsp3) is 0.188. The Morgan fingerprint density at radius 1 is 1.39 bits per heavy atom. The van der Waals surface area contributed by atoms with Gasteiger partial charge in [0.2, 0.25) is 0 Å². The SMILES string of the molecule is [3H]c1ccc(C(CCC#C)C(=O)O)c2ccccc12. The first-order chi connectivity index (χ1) is 9.15. The van der Waals surface area contributed by atoms with E-state index in [0.717, 1.165) is 16.3 Å². The van der Waals surface area contributed by atoms with Crippen molar-refractivity contribution in [2.24, 2.45) is 0 Å². The molecule has 18 heavy (non-hydrogen) atoms. The highest BCUT2D eigenvalue weighted by atomic mass is 16.4. The molecule has 0 aliphatic rings. The minimum atomic E-state index is -0.877. The number of terminal acetylenes is 1. The van der Waals surface area contributed by atoms with E-state index in [4.69, 9.17) is 7.79 Å². The number of fused-ring (bicyclic) bond motifs is 1. The lowest BCUT2D eigenvalue weighted by molar-refractivity contribution is -0.138. The van der Waals surface area contributed by atoms with E-state index >= 15 is 0 Å². The van der Waals surface area contributed by atoms with Gasteiger partial charge in [0.25, 0.3) is 0 Å². The molecule has 1 atom stereocenters. The molecule has 2 rings (SSSR count). The summed E-state index contributed by atoms with van der Waals surface area (Å²) in [6, 6.07) is 11.2. The first-order valence-electron chi connectivity index (χ1n) is 6.29. The molecular weight excluding hydrogens is 224 g/mol. The first kappa shape index (κ1) is 10.9. The summed E-state index contributed by atoms with van der Waals surface area (Å²) in [6.07, 6.45) is 6.05. The van der Waals surface area contributed by atoms with Gasteiger partial charge in [0.1, 0.15) is 0 Å². The molecule has 0 amide bonds. The van der Waals surface area contributed by atoms with E-state index in [2.05, 4.69) is 5.92 Å². The van der Waals surface area contributed by atoms with Crippen LogP contribution in [0.15, 0.2) is 42.4 Å². The fourth-order valence-corrected chi connectivity index (χ4v) is 2.12. The van der Waals surface area contributed by atoms with Crippen molar-refractivity contribution in [1.82, 2.24) is 0 Å². The third-order valence-electron chi connectivity index (χ3n) is 2.99. The summed E-state index contributed by atoms with van der Waals surface area (Å²) in [5.74, 6) is 0.982. The Hall–Kier alpha value is -2.27. The topological polar surface area (TPSA) is 37.3 Å². The number of hydrogen-bond donors (Lipinski definition) is 1. The van der Waals surface area contributed by atoms with Gasteiger partial charge in [0.05, 0.1) is 7.29 Å². The monoisotopic (exact) mass is 240 g/mol. The van der Waals surface area contributed by atoms with Crippen LogP contribution in [0.1, 0.15) is 25.7 Å². The molecule has 0 aromatic heterocycles. The lowest BCUT2D eigenvalue weighted by Crippen LogP contribution is -2.11. The zero-order valence-corrected chi connectivity index (χ0v) is 9.89. The summed E-state index contributed by atoms with van der Waals surface area (Å²) in [7, 11) is 0. The Labute approximate surface area is 108 Å². The van der Waals surface area contributed by atoms with Gasteiger partial charge in [-0.15, -0.1) is 12.3 Å². The second kappa shape index (κ2) is 5.37. The maximum Gasteiger partial charge on any atom is 0.311 e. The van der Waals surface area contributed by atoms with Gasteiger partial charge in [0.15, 0.2) is 0 Å². The molecule has 0 saturated heterocycles. The van der Waals surface area contributed by atoms with Gasteiger partial charge in [-0.25, -0.2) is 0 Å². The van der Waals surface area contributed by atoms with Gasteiger partial charge < -0.3 is 5.11 Å². The molecule has 0 saturated carbocycles. The van der Waals surface area contributed by atoms with Gasteiger partial charge in [-0.3, -0.25) is 4.79 Å². The van der Waals surface area contributed by atoms with E-state index in [1.54, 1.807) is 12.1 Å². The molecule has 0 spiro atoms. The van der Waals surface area contributed by atoms with Crippen LogP contribution < -0.4 is 0 Å². The fourth-order valence-electron chi connectivity index (χ4n) is 2.12. The molecule has 0 bridgehead atoms. The quantitative estimate of drug-likeness (QED) is 0.831. The standard InChI is InChI=1S/C16H14O2/c1-2-3-9-15(16(17)18)14-11-6-8-12-7-4-5-10-13(12)14/h1,4-8,10-11,15H,3,9H2,(H,17,18)/i8T. The van der Waals surface area contributed by atoms with E-state index in [9.17, 15) is 9.90 Å². The van der Waals surface area contributed by atoms with Crippen LogP contribution in [0.25, 0.3) is 10.8 Å². The summed E-state index contributed by atoms with van der Waals surface area (Å²) in [5, 5.41) is 11.0. The van der Waals surface area contributed by atoms with Gasteiger partial charge in [0, 0.05) is 6.42 Å². The van der Waals surface area contributed by atoms with Crippen LogP contribution in [0, 0.1) is 12.3 Å². The van der Waals surface area contributed by atoms with Crippen LogP contribution >= 0.6 is 0 Å². The third-order valence-corrected chi connectivity index (χ3v) is 2.99. The maximum absolute atomic E-state index is 11.4. The Morgan fingerprint density at radius 2 is 2.17 bits per heavy atom. The van der Waals surface area contributed by atoms with Gasteiger partial charge in [-0.05, 0) is 22.8 Å². The molecule has 2 heteroatoms. The molecule has 2 aromatic carbocycles. The van der Waals surface area contributed by atoms with Crippen molar-refractivity contribution in [3.05, 3.63) is 48.0 Å². The molecular formula is C16H14O2. The van der Waals surface area contributed by atoms with Crippen molar-refractivity contribution in [3.63, 3.8) is 0 Å². The Balaban J connectivity index is 2.57. The smallest absolute Gasteiger partial charge is 0.311 e. The molecule has 0 aliphatic heterocycles. The summed E-state index contributed by atoms with van der Waals surface area (Å²) in [6.45, 7) is 0. The summed E-state index contributed by atoms with van der Waals surface area (Å²) >= 11 is 0. The summed E-state index contributed by atoms with van der Waals surface area (Å²) in [5.41, 5.74) is 0.731. The number of carbonyl (C=O) groups is 1. The third kappa shape index (κ3) is 2.36. The number of benzene rings is 2. The zero-order valence-electron chi connectivity index (χ0n) is 10.9. The molecule has 2 aromatic rings. The minimum absolute atomic E-state index is 0.403. The highest BCUT2D eigenvalue weighted by molar-refractivity contribution is 5.90. The van der Waals surface area contributed by atoms with Crippen LogP contribution in [0.3, 0.4) is 0 Å². The number of rotatable bonds is 4. The minimum Gasteiger partial charge on any atom is -0.481 e. The van der Waals surface area contributed by atoms with Crippen LogP contribution in [-0.4, -0.2) is 11.1 Å². The van der Waals surface area contributed by atoms with Crippen molar-refractivity contribution in [2.75, 3.05) is 0 Å². The van der Waals surface area contributed by atoms with Crippen molar-refractivity contribution in [3.8, 4) is 12.3 Å². The van der Waals surface area contributed by atoms with Crippen molar-refractivity contribution >= 4 is 16.7 Å². The second-order valence-electron chi connectivity index (χ2n) is 4.11. The van der Waals surface area contributed by atoms with Crippen LogP contribution in [0.5, 0.6) is 0 Å². The lowest BCUT2D eigenvalue weighted by atomic mass is 9.90. The average Bonchev–Trinajstić information content (AvgIpc) is 2.41. The molecule has 0 radical (unpaired) electrons. The first-order valence-corrected chi connectivity index (χ1v) is 5.79. The molecule has 0 fully saturated rings. The molecule has 0 aliphatic carbocycles. The number of carboxylic acid groups (broad SMARTS) is 1. The Kier molecular flexibility index (Phi) is 3.24. The zero-order chi connectivity index (χ0) is 13.8.